The lowest BCUT2D eigenvalue weighted by molar-refractivity contribution is -0.139. The van der Waals surface area contributed by atoms with Gasteiger partial charge in [-0.3, -0.25) is 9.59 Å². The van der Waals surface area contributed by atoms with Gasteiger partial charge in [-0.15, -0.1) is 0 Å². The number of nitrogens with one attached hydrogen (secondary N) is 1. The van der Waals surface area contributed by atoms with Crippen molar-refractivity contribution in [1.29, 1.82) is 0 Å². The molecular weight excluding hydrogens is 284 g/mol. The summed E-state index contributed by atoms with van der Waals surface area (Å²) in [5.74, 6) is -0.802. The zero-order valence-corrected chi connectivity index (χ0v) is 11.9. The van der Waals surface area contributed by atoms with Gasteiger partial charge in [-0.25, -0.2) is 0 Å². The summed E-state index contributed by atoms with van der Waals surface area (Å²) in [6.45, 7) is 0. The Morgan fingerprint density at radius 2 is 2.00 bits per heavy atom. The standard InChI is InChI=1S/C16H16N2O4/c19-14(20)10-16(7-4-8-16)17-15(21)12-9-13(22-18-12)11-5-2-1-3-6-11/h1-3,5-6,9H,4,7-8,10H2,(H,17,21)(H,19,20). The Bertz CT molecular complexity index is 689. The summed E-state index contributed by atoms with van der Waals surface area (Å²) >= 11 is 0. The number of carbonyl (C=O) groups excluding carboxylic acids is 1. The highest BCUT2D eigenvalue weighted by Crippen LogP contribution is 2.35. The third-order valence-corrected chi connectivity index (χ3v) is 3.98. The van der Waals surface area contributed by atoms with Gasteiger partial charge in [-0.05, 0) is 19.3 Å². The van der Waals surface area contributed by atoms with Gasteiger partial charge in [0.25, 0.3) is 5.91 Å². The molecular formula is C16H16N2O4. The van der Waals surface area contributed by atoms with E-state index >= 15 is 0 Å². The van der Waals surface area contributed by atoms with Crippen molar-refractivity contribution in [2.45, 2.75) is 31.2 Å². The summed E-state index contributed by atoms with van der Waals surface area (Å²) in [6, 6.07) is 10.9. The van der Waals surface area contributed by atoms with E-state index in [1.807, 2.05) is 30.3 Å². The minimum atomic E-state index is -0.912. The first-order chi connectivity index (χ1) is 10.6. The van der Waals surface area contributed by atoms with Crippen LogP contribution >= 0.6 is 0 Å². The molecule has 0 aliphatic heterocycles. The van der Waals surface area contributed by atoms with Crippen LogP contribution in [0.1, 0.15) is 36.2 Å². The van der Waals surface area contributed by atoms with E-state index in [-0.39, 0.29) is 12.1 Å². The van der Waals surface area contributed by atoms with Gasteiger partial charge in [0.15, 0.2) is 11.5 Å². The second-order valence-corrected chi connectivity index (χ2v) is 5.60. The lowest BCUT2D eigenvalue weighted by Gasteiger charge is -2.41. The highest BCUT2D eigenvalue weighted by atomic mass is 16.5. The number of hydrogen-bond donors (Lipinski definition) is 2. The van der Waals surface area contributed by atoms with Gasteiger partial charge in [-0.1, -0.05) is 35.5 Å². The Hall–Kier alpha value is -2.63. The molecule has 3 rings (SSSR count). The molecule has 2 N–H and O–H groups in total. The van der Waals surface area contributed by atoms with Crippen molar-refractivity contribution in [2.24, 2.45) is 0 Å². The highest BCUT2D eigenvalue weighted by Gasteiger charge is 2.40. The normalized spacial score (nSPS) is 15.8. The second-order valence-electron chi connectivity index (χ2n) is 5.60. The van der Waals surface area contributed by atoms with E-state index in [1.165, 1.54) is 0 Å². The predicted octanol–water partition coefficient (Wildman–Crippen LogP) is 2.47. The van der Waals surface area contributed by atoms with Crippen molar-refractivity contribution < 1.29 is 19.2 Å². The topological polar surface area (TPSA) is 92.4 Å². The number of nitrogens with zero attached hydrogens (tertiary/aromatic N) is 1. The maximum Gasteiger partial charge on any atom is 0.305 e. The second kappa shape index (κ2) is 5.63. The molecule has 0 spiro atoms. The fraction of sp³-hybridized carbons (Fsp3) is 0.312. The Balaban J connectivity index is 1.73. The molecule has 1 amide bonds. The van der Waals surface area contributed by atoms with Gasteiger partial charge in [0.05, 0.1) is 12.0 Å². The summed E-state index contributed by atoms with van der Waals surface area (Å²) in [5.41, 5.74) is 0.350. The molecule has 114 valence electrons. The van der Waals surface area contributed by atoms with Crippen molar-refractivity contribution in [2.75, 3.05) is 0 Å². The van der Waals surface area contributed by atoms with Crippen molar-refractivity contribution in [3.05, 3.63) is 42.1 Å². The molecule has 1 fully saturated rings. The van der Waals surface area contributed by atoms with Gasteiger partial charge >= 0.3 is 5.97 Å². The fourth-order valence-corrected chi connectivity index (χ4v) is 2.66. The van der Waals surface area contributed by atoms with Crippen LogP contribution in [0.15, 0.2) is 40.9 Å². The summed E-state index contributed by atoms with van der Waals surface area (Å²) in [7, 11) is 0. The molecule has 22 heavy (non-hydrogen) atoms. The minimum absolute atomic E-state index is 0.0673. The molecule has 0 saturated heterocycles. The van der Waals surface area contributed by atoms with E-state index in [9.17, 15) is 9.59 Å². The average Bonchev–Trinajstić information content (AvgIpc) is 2.95. The molecule has 6 nitrogen and oxygen atoms in total. The molecule has 1 aliphatic rings. The van der Waals surface area contributed by atoms with Crippen LogP contribution in [0, 0.1) is 0 Å². The maximum atomic E-state index is 12.3. The van der Waals surface area contributed by atoms with Crippen LogP contribution in [-0.4, -0.2) is 27.7 Å². The fourth-order valence-electron chi connectivity index (χ4n) is 2.66. The molecule has 1 aliphatic carbocycles. The van der Waals surface area contributed by atoms with Gasteiger partial charge < -0.3 is 14.9 Å². The number of aromatic nitrogens is 1. The number of carbonyl (C=O) groups is 2. The molecule has 0 radical (unpaired) electrons. The minimum Gasteiger partial charge on any atom is -0.481 e. The van der Waals surface area contributed by atoms with Gasteiger partial charge in [0, 0.05) is 11.6 Å². The zero-order valence-electron chi connectivity index (χ0n) is 11.9. The Labute approximate surface area is 127 Å². The quantitative estimate of drug-likeness (QED) is 0.885. The molecule has 0 atom stereocenters. The van der Waals surface area contributed by atoms with Crippen LogP contribution in [0.3, 0.4) is 0 Å². The summed E-state index contributed by atoms with van der Waals surface area (Å²) in [5, 5.41) is 15.5. The van der Waals surface area contributed by atoms with Crippen molar-refractivity contribution >= 4 is 11.9 Å². The summed E-state index contributed by atoms with van der Waals surface area (Å²) in [4.78, 5) is 23.2. The number of benzene rings is 1. The molecule has 1 aromatic heterocycles. The largest absolute Gasteiger partial charge is 0.481 e. The van der Waals surface area contributed by atoms with Crippen LogP contribution in [-0.2, 0) is 4.79 Å². The van der Waals surface area contributed by atoms with Crippen LogP contribution < -0.4 is 5.32 Å². The number of rotatable bonds is 5. The predicted molar refractivity (Wildman–Crippen MR) is 78.2 cm³/mol. The van der Waals surface area contributed by atoms with E-state index in [0.29, 0.717) is 18.6 Å². The molecule has 2 aromatic rings. The zero-order chi connectivity index (χ0) is 15.6. The summed E-state index contributed by atoms with van der Waals surface area (Å²) < 4.78 is 5.19. The van der Waals surface area contributed by atoms with Gasteiger partial charge in [0.2, 0.25) is 0 Å². The van der Waals surface area contributed by atoms with Crippen LogP contribution in [0.5, 0.6) is 0 Å². The van der Waals surface area contributed by atoms with Gasteiger partial charge in [-0.2, -0.15) is 0 Å². The van der Waals surface area contributed by atoms with E-state index < -0.39 is 17.4 Å². The lowest BCUT2D eigenvalue weighted by Crippen LogP contribution is -2.54. The van der Waals surface area contributed by atoms with E-state index in [2.05, 4.69) is 10.5 Å². The van der Waals surface area contributed by atoms with Crippen molar-refractivity contribution in [1.82, 2.24) is 10.5 Å². The Morgan fingerprint density at radius 1 is 1.27 bits per heavy atom. The number of hydrogen-bond acceptors (Lipinski definition) is 4. The van der Waals surface area contributed by atoms with Crippen LogP contribution in [0.2, 0.25) is 0 Å². The van der Waals surface area contributed by atoms with Crippen molar-refractivity contribution in [3.8, 4) is 11.3 Å². The number of carboxylic acid groups (broad SMARTS) is 1. The first-order valence-corrected chi connectivity index (χ1v) is 7.14. The van der Waals surface area contributed by atoms with E-state index in [4.69, 9.17) is 9.63 Å². The third-order valence-electron chi connectivity index (χ3n) is 3.98. The molecule has 1 aromatic carbocycles. The number of aliphatic carboxylic acids is 1. The van der Waals surface area contributed by atoms with Crippen LogP contribution in [0.4, 0.5) is 0 Å². The monoisotopic (exact) mass is 300 g/mol. The summed E-state index contributed by atoms with van der Waals surface area (Å²) in [6.07, 6.45) is 2.20. The van der Waals surface area contributed by atoms with Gasteiger partial charge in [0.1, 0.15) is 0 Å². The SMILES string of the molecule is O=C(O)CC1(NC(=O)c2cc(-c3ccccc3)on2)CCC1. The molecule has 6 heteroatoms. The number of carboxylic acids is 1. The molecule has 0 unspecified atom stereocenters. The first kappa shape index (κ1) is 14.3. The highest BCUT2D eigenvalue weighted by molar-refractivity contribution is 5.94. The number of amides is 1. The first-order valence-electron chi connectivity index (χ1n) is 7.14. The van der Waals surface area contributed by atoms with E-state index in [0.717, 1.165) is 12.0 Å². The van der Waals surface area contributed by atoms with Crippen LogP contribution in [0.25, 0.3) is 11.3 Å². The Kier molecular flexibility index (Phi) is 3.66. The average molecular weight is 300 g/mol. The molecule has 0 bridgehead atoms. The Morgan fingerprint density at radius 3 is 2.59 bits per heavy atom. The van der Waals surface area contributed by atoms with Crippen molar-refractivity contribution in [3.63, 3.8) is 0 Å². The maximum absolute atomic E-state index is 12.3. The smallest absolute Gasteiger partial charge is 0.305 e. The third kappa shape index (κ3) is 2.86. The van der Waals surface area contributed by atoms with E-state index in [1.54, 1.807) is 6.07 Å². The lowest BCUT2D eigenvalue weighted by atomic mass is 9.74. The molecule has 1 saturated carbocycles. The molecule has 1 heterocycles.